The average Bonchev–Trinajstić information content (AvgIpc) is 2.83. The molecular weight excluding hydrogens is 510 g/mol. The first kappa shape index (κ1) is 30.3. The summed E-state index contributed by atoms with van der Waals surface area (Å²) in [6.07, 6.45) is 4.88. The number of rotatable bonds is 8. The number of primary amides is 1. The predicted molar refractivity (Wildman–Crippen MR) is 145 cm³/mol. The molecule has 0 bridgehead atoms. The number of ketones is 2. The lowest BCUT2D eigenvalue weighted by Gasteiger charge is -2.52. The number of nitrogens with two attached hydrogens (primary N) is 1. The Morgan fingerprint density at radius 1 is 1.05 bits per heavy atom. The summed E-state index contributed by atoms with van der Waals surface area (Å²) in [4.78, 5) is 55.9. The maximum atomic E-state index is 14.0. The van der Waals surface area contributed by atoms with Crippen molar-refractivity contribution in [2.75, 3.05) is 47.9 Å². The van der Waals surface area contributed by atoms with E-state index in [-0.39, 0.29) is 78.7 Å². The summed E-state index contributed by atoms with van der Waals surface area (Å²) in [5, 5.41) is 14.7. The summed E-state index contributed by atoms with van der Waals surface area (Å²) in [6, 6.07) is 0.0729. The first-order valence-electron chi connectivity index (χ1n) is 13.3. The normalized spacial score (nSPS) is 32.5. The Morgan fingerprint density at radius 3 is 2.37 bits per heavy atom. The summed E-state index contributed by atoms with van der Waals surface area (Å²) in [5.74, 6) is -2.19. The predicted octanol–water partition coefficient (Wildman–Crippen LogP) is 0.0617. The van der Waals surface area contributed by atoms with Crippen LogP contribution in [0.15, 0.2) is 23.0 Å². The standard InChI is InChI=1S/C27H41N5O5.ClH/c1-31(2)22-10-15(30-24(34)13-29-5-6-33)9-19-17(22)7-14-8-18-20(11-16(14)25(19)35)26(36)21(27(28)37)12-23(18)32(3)4;/h10,14,16,18-21,23,29,33H,5-9,11-13H2,1-4H3,(H2,28,37)(H,30,34);1H/t14?,16?,18?,19?,20-,21?,23+;/m1./s1. The Labute approximate surface area is 230 Å². The van der Waals surface area contributed by atoms with Crippen molar-refractivity contribution in [2.45, 2.75) is 38.1 Å². The van der Waals surface area contributed by atoms with Crippen LogP contribution in [0.1, 0.15) is 32.1 Å². The van der Waals surface area contributed by atoms with Gasteiger partial charge in [-0.15, -0.1) is 12.4 Å². The Hall–Kier alpha value is -2.27. The molecule has 0 heterocycles. The SMILES string of the molecule is CN(C)C1=C2CC3CC4[C@@H](CC3C(=O)C2CC(NC(=O)CNCCO)=C1)C(=O)C(C(N)=O)C[C@@H]4N(C)C.Cl. The Morgan fingerprint density at radius 2 is 1.76 bits per heavy atom. The van der Waals surface area contributed by atoms with Crippen LogP contribution in [0.2, 0.25) is 0 Å². The maximum Gasteiger partial charge on any atom is 0.238 e. The van der Waals surface area contributed by atoms with E-state index in [4.69, 9.17) is 10.8 Å². The highest BCUT2D eigenvalue weighted by Crippen LogP contribution is 2.53. The molecule has 4 rings (SSSR count). The third-order valence-electron chi connectivity index (χ3n) is 8.89. The van der Waals surface area contributed by atoms with Gasteiger partial charge in [-0.1, -0.05) is 0 Å². The minimum absolute atomic E-state index is 0. The van der Waals surface area contributed by atoms with Gasteiger partial charge in [0.15, 0.2) is 0 Å². The number of amides is 2. The Bertz CT molecular complexity index is 1030. The van der Waals surface area contributed by atoms with Crippen LogP contribution in [0.25, 0.3) is 0 Å². The molecule has 38 heavy (non-hydrogen) atoms. The maximum absolute atomic E-state index is 14.0. The van der Waals surface area contributed by atoms with Crippen LogP contribution in [-0.4, -0.2) is 92.2 Å². The quantitative estimate of drug-likeness (QED) is 0.245. The molecule has 2 amide bonds. The molecule has 4 aliphatic rings. The number of nitrogens with one attached hydrogen (secondary N) is 2. The van der Waals surface area contributed by atoms with Crippen LogP contribution >= 0.6 is 12.4 Å². The molecule has 11 heteroatoms. The monoisotopic (exact) mass is 551 g/mol. The topological polar surface area (TPSA) is 145 Å². The first-order valence-corrected chi connectivity index (χ1v) is 13.3. The molecule has 0 spiro atoms. The number of carbonyl (C=O) groups is 4. The van der Waals surface area contributed by atoms with Crippen molar-refractivity contribution in [3.8, 4) is 0 Å². The second-order valence-electron chi connectivity index (χ2n) is 11.5. The average molecular weight is 552 g/mol. The summed E-state index contributed by atoms with van der Waals surface area (Å²) in [7, 11) is 7.86. The van der Waals surface area contributed by atoms with Gasteiger partial charge < -0.3 is 31.3 Å². The zero-order valence-corrected chi connectivity index (χ0v) is 23.6. The molecule has 4 aliphatic carbocycles. The Balaban J connectivity index is 0.00000400. The molecule has 5 unspecified atom stereocenters. The van der Waals surface area contributed by atoms with E-state index in [1.165, 1.54) is 0 Å². The van der Waals surface area contributed by atoms with Crippen molar-refractivity contribution in [3.63, 3.8) is 0 Å². The van der Waals surface area contributed by atoms with E-state index >= 15 is 0 Å². The fourth-order valence-corrected chi connectivity index (χ4v) is 7.19. The first-order chi connectivity index (χ1) is 17.5. The number of carbonyl (C=O) groups excluding carboxylic acids is 4. The molecule has 212 valence electrons. The molecule has 7 atom stereocenters. The third-order valence-corrected chi connectivity index (χ3v) is 8.89. The van der Waals surface area contributed by atoms with E-state index < -0.39 is 11.8 Å². The molecule has 0 aromatic carbocycles. The van der Waals surface area contributed by atoms with Gasteiger partial charge in [-0.05, 0) is 63.3 Å². The molecule has 3 saturated carbocycles. The summed E-state index contributed by atoms with van der Waals surface area (Å²) in [6.45, 7) is 0.357. The number of aliphatic hydroxyl groups is 1. The van der Waals surface area contributed by atoms with E-state index in [1.807, 2.05) is 39.2 Å². The van der Waals surface area contributed by atoms with Gasteiger partial charge >= 0.3 is 0 Å². The largest absolute Gasteiger partial charge is 0.395 e. The number of Topliss-reactive ketones (excluding diaryl/α,β-unsaturated/α-hetero) is 2. The highest BCUT2D eigenvalue weighted by atomic mass is 35.5. The highest BCUT2D eigenvalue weighted by Gasteiger charge is 2.55. The second-order valence-corrected chi connectivity index (χ2v) is 11.5. The number of likely N-dealkylation sites (N-methyl/N-ethyl adjacent to an activating group) is 1. The highest BCUT2D eigenvalue weighted by molar-refractivity contribution is 6.03. The van der Waals surface area contributed by atoms with E-state index in [2.05, 4.69) is 15.5 Å². The van der Waals surface area contributed by atoms with Crippen molar-refractivity contribution in [1.29, 1.82) is 0 Å². The number of allylic oxidation sites excluding steroid dienone is 3. The number of fused-ring (bicyclic) bond motifs is 3. The van der Waals surface area contributed by atoms with Crippen LogP contribution in [0, 0.1) is 35.5 Å². The zero-order valence-electron chi connectivity index (χ0n) is 22.7. The number of hydrogen-bond donors (Lipinski definition) is 4. The molecule has 0 aromatic heterocycles. The van der Waals surface area contributed by atoms with E-state index in [0.717, 1.165) is 24.1 Å². The molecule has 3 fully saturated rings. The minimum atomic E-state index is -0.793. The van der Waals surface area contributed by atoms with Crippen LogP contribution < -0.4 is 16.4 Å². The van der Waals surface area contributed by atoms with Gasteiger partial charge in [0, 0.05) is 62.3 Å². The lowest BCUT2D eigenvalue weighted by atomic mass is 9.53. The smallest absolute Gasteiger partial charge is 0.238 e. The number of nitrogens with zero attached hydrogens (tertiary/aromatic N) is 2. The van der Waals surface area contributed by atoms with Gasteiger partial charge in [0.05, 0.1) is 19.1 Å². The minimum Gasteiger partial charge on any atom is -0.395 e. The van der Waals surface area contributed by atoms with Crippen LogP contribution in [-0.2, 0) is 19.2 Å². The third kappa shape index (κ3) is 5.83. The van der Waals surface area contributed by atoms with E-state index in [0.29, 0.717) is 31.5 Å². The van der Waals surface area contributed by atoms with Gasteiger partial charge in [0.25, 0.3) is 0 Å². The van der Waals surface area contributed by atoms with Gasteiger partial charge in [-0.25, -0.2) is 0 Å². The van der Waals surface area contributed by atoms with Crippen LogP contribution in [0.4, 0.5) is 0 Å². The van der Waals surface area contributed by atoms with Crippen molar-refractivity contribution in [1.82, 2.24) is 20.4 Å². The van der Waals surface area contributed by atoms with Gasteiger partial charge in [0.1, 0.15) is 11.6 Å². The summed E-state index contributed by atoms with van der Waals surface area (Å²) < 4.78 is 0. The lowest BCUT2D eigenvalue weighted by Crippen LogP contribution is -2.57. The number of hydrogen-bond acceptors (Lipinski definition) is 8. The zero-order chi connectivity index (χ0) is 27.0. The molecule has 0 aliphatic heterocycles. The van der Waals surface area contributed by atoms with Crippen molar-refractivity contribution in [2.24, 2.45) is 41.2 Å². The summed E-state index contributed by atoms with van der Waals surface area (Å²) in [5.41, 5.74) is 8.38. The van der Waals surface area contributed by atoms with Gasteiger partial charge in [-0.2, -0.15) is 0 Å². The fourth-order valence-electron chi connectivity index (χ4n) is 7.19. The Kier molecular flexibility index (Phi) is 9.78. The van der Waals surface area contributed by atoms with E-state index in [1.54, 1.807) is 0 Å². The van der Waals surface area contributed by atoms with E-state index in [9.17, 15) is 19.2 Å². The second kappa shape index (κ2) is 12.3. The van der Waals surface area contributed by atoms with Crippen molar-refractivity contribution < 1.29 is 24.3 Å². The molecular formula is C27H42ClN5O5. The molecule has 0 saturated heterocycles. The number of aliphatic hydroxyl groups excluding tert-OH is 1. The molecule has 10 nitrogen and oxygen atoms in total. The van der Waals surface area contributed by atoms with Crippen molar-refractivity contribution >= 4 is 35.8 Å². The van der Waals surface area contributed by atoms with Crippen LogP contribution in [0.3, 0.4) is 0 Å². The van der Waals surface area contributed by atoms with Crippen molar-refractivity contribution in [3.05, 3.63) is 23.0 Å². The lowest BCUT2D eigenvalue weighted by molar-refractivity contribution is -0.147. The molecule has 0 aromatic rings. The summed E-state index contributed by atoms with van der Waals surface area (Å²) >= 11 is 0. The van der Waals surface area contributed by atoms with Crippen LogP contribution in [0.5, 0.6) is 0 Å². The number of halogens is 1. The molecule has 0 radical (unpaired) electrons. The van der Waals surface area contributed by atoms with Gasteiger partial charge in [-0.3, -0.25) is 19.2 Å². The fraction of sp³-hybridized carbons (Fsp3) is 0.704. The molecule has 5 N–H and O–H groups in total. The van der Waals surface area contributed by atoms with Gasteiger partial charge in [0.2, 0.25) is 11.8 Å².